The normalized spacial score (nSPS) is 20.2. The fourth-order valence-corrected chi connectivity index (χ4v) is 2.65. The quantitative estimate of drug-likeness (QED) is 0.591. The van der Waals surface area contributed by atoms with Crippen molar-refractivity contribution < 1.29 is 9.53 Å². The highest BCUT2D eigenvalue weighted by atomic mass is 35.5. The molecule has 0 radical (unpaired) electrons. The van der Waals surface area contributed by atoms with Gasteiger partial charge in [0.25, 0.3) is 0 Å². The van der Waals surface area contributed by atoms with Gasteiger partial charge in [0.05, 0.1) is 5.56 Å². The molecule has 1 aromatic rings. The number of ether oxygens (including phenoxy) is 1. The minimum Gasteiger partial charge on any atom is -0.458 e. The average Bonchev–Trinajstić information content (AvgIpc) is 2.71. The molecular formula is C10H10ClNO2S. The van der Waals surface area contributed by atoms with Crippen molar-refractivity contribution in [3.63, 3.8) is 0 Å². The van der Waals surface area contributed by atoms with Crippen LogP contribution in [-0.2, 0) is 4.74 Å². The van der Waals surface area contributed by atoms with Crippen molar-refractivity contribution in [1.29, 1.82) is 0 Å². The van der Waals surface area contributed by atoms with Crippen LogP contribution in [0.25, 0.3) is 0 Å². The van der Waals surface area contributed by atoms with E-state index in [4.69, 9.17) is 16.3 Å². The van der Waals surface area contributed by atoms with Gasteiger partial charge in [-0.15, -0.1) is 0 Å². The Morgan fingerprint density at radius 1 is 1.67 bits per heavy atom. The molecule has 0 aliphatic carbocycles. The SMILES string of the molecule is O=C(O[C@H]1CCSC1)c1cccnc1Cl. The first-order valence-electron chi connectivity index (χ1n) is 4.66. The fraction of sp³-hybridized carbons (Fsp3) is 0.400. The van der Waals surface area contributed by atoms with Crippen LogP contribution in [0.5, 0.6) is 0 Å². The highest BCUT2D eigenvalue weighted by Gasteiger charge is 2.21. The number of carbonyl (C=O) groups excluding carboxylic acids is 1. The topological polar surface area (TPSA) is 39.2 Å². The molecule has 80 valence electrons. The molecule has 0 unspecified atom stereocenters. The summed E-state index contributed by atoms with van der Waals surface area (Å²) in [5.41, 5.74) is 0.344. The van der Waals surface area contributed by atoms with Gasteiger partial charge in [-0.05, 0) is 24.3 Å². The number of pyridine rings is 1. The third-order valence-corrected chi connectivity index (χ3v) is 3.57. The minimum atomic E-state index is -0.374. The van der Waals surface area contributed by atoms with Gasteiger partial charge in [0, 0.05) is 11.9 Å². The monoisotopic (exact) mass is 243 g/mol. The molecule has 15 heavy (non-hydrogen) atoms. The van der Waals surface area contributed by atoms with Gasteiger partial charge in [0.15, 0.2) is 0 Å². The first kappa shape index (κ1) is 10.8. The number of carbonyl (C=O) groups is 1. The van der Waals surface area contributed by atoms with Gasteiger partial charge in [0.2, 0.25) is 0 Å². The Bertz CT molecular complexity index is 366. The standard InChI is InChI=1S/C10H10ClNO2S/c11-9-8(2-1-4-12-9)10(13)14-7-3-5-15-6-7/h1-2,4,7H,3,5-6H2/t7-/m0/s1. The van der Waals surface area contributed by atoms with Crippen LogP contribution < -0.4 is 0 Å². The zero-order chi connectivity index (χ0) is 10.7. The van der Waals surface area contributed by atoms with Crippen LogP contribution >= 0.6 is 23.4 Å². The number of hydrogen-bond donors (Lipinski definition) is 0. The van der Waals surface area contributed by atoms with E-state index < -0.39 is 0 Å². The molecule has 1 aliphatic rings. The number of esters is 1. The number of halogens is 1. The van der Waals surface area contributed by atoms with Crippen molar-refractivity contribution in [2.45, 2.75) is 12.5 Å². The zero-order valence-electron chi connectivity index (χ0n) is 7.98. The molecule has 2 rings (SSSR count). The van der Waals surface area contributed by atoms with E-state index in [-0.39, 0.29) is 17.2 Å². The van der Waals surface area contributed by atoms with Crippen molar-refractivity contribution in [3.8, 4) is 0 Å². The zero-order valence-corrected chi connectivity index (χ0v) is 9.55. The molecule has 0 aromatic carbocycles. The number of thioether (sulfide) groups is 1. The molecule has 0 spiro atoms. The van der Waals surface area contributed by atoms with Crippen LogP contribution in [-0.4, -0.2) is 28.6 Å². The highest BCUT2D eigenvalue weighted by molar-refractivity contribution is 7.99. The molecule has 0 bridgehead atoms. The van der Waals surface area contributed by atoms with Crippen LogP contribution in [0.3, 0.4) is 0 Å². The van der Waals surface area contributed by atoms with Crippen molar-refractivity contribution in [2.75, 3.05) is 11.5 Å². The lowest BCUT2D eigenvalue weighted by Crippen LogP contribution is -2.17. The summed E-state index contributed by atoms with van der Waals surface area (Å²) in [6, 6.07) is 3.30. The van der Waals surface area contributed by atoms with Crippen LogP contribution in [0.4, 0.5) is 0 Å². The summed E-state index contributed by atoms with van der Waals surface area (Å²) < 4.78 is 5.29. The van der Waals surface area contributed by atoms with Crippen molar-refractivity contribution in [2.24, 2.45) is 0 Å². The molecule has 5 heteroatoms. The summed E-state index contributed by atoms with van der Waals surface area (Å²) in [5, 5.41) is 0.202. The largest absolute Gasteiger partial charge is 0.458 e. The Hall–Kier alpha value is -0.740. The summed E-state index contributed by atoms with van der Waals surface area (Å²) in [5.74, 6) is 1.56. The summed E-state index contributed by atoms with van der Waals surface area (Å²) in [4.78, 5) is 15.5. The summed E-state index contributed by atoms with van der Waals surface area (Å²) in [6.45, 7) is 0. The third kappa shape index (κ3) is 2.63. The molecule has 1 fully saturated rings. The first-order valence-corrected chi connectivity index (χ1v) is 6.20. The highest BCUT2D eigenvalue weighted by Crippen LogP contribution is 2.22. The van der Waals surface area contributed by atoms with Crippen LogP contribution in [0, 0.1) is 0 Å². The smallest absolute Gasteiger partial charge is 0.341 e. The number of nitrogens with zero attached hydrogens (tertiary/aromatic N) is 1. The van der Waals surface area contributed by atoms with Gasteiger partial charge in [-0.1, -0.05) is 11.6 Å². The van der Waals surface area contributed by atoms with Crippen LogP contribution in [0.15, 0.2) is 18.3 Å². The van der Waals surface area contributed by atoms with Gasteiger partial charge in [0.1, 0.15) is 11.3 Å². The predicted molar refractivity (Wildman–Crippen MR) is 60.4 cm³/mol. The Kier molecular flexibility index (Phi) is 3.49. The van der Waals surface area contributed by atoms with E-state index in [9.17, 15) is 4.79 Å². The first-order chi connectivity index (χ1) is 7.27. The van der Waals surface area contributed by atoms with E-state index in [0.29, 0.717) is 5.56 Å². The van der Waals surface area contributed by atoms with Crippen LogP contribution in [0.2, 0.25) is 5.15 Å². The van der Waals surface area contributed by atoms with E-state index in [1.165, 1.54) is 0 Å². The lowest BCUT2D eigenvalue weighted by atomic mass is 10.3. The van der Waals surface area contributed by atoms with Gasteiger partial charge in [-0.2, -0.15) is 11.8 Å². The molecule has 0 saturated carbocycles. The van der Waals surface area contributed by atoms with E-state index in [0.717, 1.165) is 17.9 Å². The maximum atomic E-state index is 11.7. The molecule has 3 nitrogen and oxygen atoms in total. The van der Waals surface area contributed by atoms with Crippen molar-refractivity contribution in [1.82, 2.24) is 4.98 Å². The van der Waals surface area contributed by atoms with E-state index >= 15 is 0 Å². The minimum absolute atomic E-state index is 0.0266. The average molecular weight is 244 g/mol. The molecule has 1 saturated heterocycles. The third-order valence-electron chi connectivity index (χ3n) is 2.14. The Morgan fingerprint density at radius 3 is 3.20 bits per heavy atom. The summed E-state index contributed by atoms with van der Waals surface area (Å²) in [6.07, 6.45) is 2.50. The summed E-state index contributed by atoms with van der Waals surface area (Å²) in [7, 11) is 0. The lowest BCUT2D eigenvalue weighted by Gasteiger charge is -2.10. The van der Waals surface area contributed by atoms with Crippen molar-refractivity contribution >= 4 is 29.3 Å². The van der Waals surface area contributed by atoms with E-state index in [1.807, 2.05) is 0 Å². The Labute approximate surface area is 97.2 Å². The second-order valence-electron chi connectivity index (χ2n) is 3.23. The van der Waals surface area contributed by atoms with Gasteiger partial charge in [-0.25, -0.2) is 9.78 Å². The lowest BCUT2D eigenvalue weighted by molar-refractivity contribution is 0.0356. The Morgan fingerprint density at radius 2 is 2.53 bits per heavy atom. The number of hydrogen-bond acceptors (Lipinski definition) is 4. The molecule has 1 aliphatic heterocycles. The molecule has 1 aromatic heterocycles. The molecule has 1 atom stereocenters. The van der Waals surface area contributed by atoms with E-state index in [2.05, 4.69) is 4.98 Å². The maximum absolute atomic E-state index is 11.7. The molecule has 0 N–H and O–H groups in total. The maximum Gasteiger partial charge on any atom is 0.341 e. The second kappa shape index (κ2) is 4.86. The Balaban J connectivity index is 2.04. The van der Waals surface area contributed by atoms with Gasteiger partial charge in [-0.3, -0.25) is 0 Å². The fourth-order valence-electron chi connectivity index (χ4n) is 1.36. The number of rotatable bonds is 2. The second-order valence-corrected chi connectivity index (χ2v) is 4.74. The summed E-state index contributed by atoms with van der Waals surface area (Å²) >= 11 is 7.59. The molecule has 0 amide bonds. The molecule has 2 heterocycles. The van der Waals surface area contributed by atoms with Crippen LogP contribution in [0.1, 0.15) is 16.8 Å². The van der Waals surface area contributed by atoms with Crippen molar-refractivity contribution in [3.05, 3.63) is 29.0 Å². The van der Waals surface area contributed by atoms with Gasteiger partial charge < -0.3 is 4.74 Å². The molecular weight excluding hydrogens is 234 g/mol. The van der Waals surface area contributed by atoms with E-state index in [1.54, 1.807) is 30.1 Å². The van der Waals surface area contributed by atoms with Gasteiger partial charge >= 0.3 is 5.97 Å². The number of aromatic nitrogens is 1. The predicted octanol–water partition coefficient (Wildman–Crippen LogP) is 2.40.